The summed E-state index contributed by atoms with van der Waals surface area (Å²) in [5.74, 6) is -8.02. The highest BCUT2D eigenvalue weighted by molar-refractivity contribution is 5.97. The maximum absolute atomic E-state index is 12.8. The Morgan fingerprint density at radius 3 is 1.55 bits per heavy atom. The van der Waals surface area contributed by atoms with E-state index >= 15 is 0 Å². The highest BCUT2D eigenvalue weighted by Crippen LogP contribution is 2.05. The number of aliphatic hydroxyl groups is 1. The molecule has 0 aromatic rings. The van der Waals surface area contributed by atoms with Crippen LogP contribution in [0.3, 0.4) is 0 Å². The van der Waals surface area contributed by atoms with E-state index in [1.807, 2.05) is 5.32 Å². The first kappa shape index (κ1) is 37.7. The number of rotatable bonds is 18. The van der Waals surface area contributed by atoms with Crippen molar-refractivity contribution in [1.82, 2.24) is 26.6 Å². The summed E-state index contributed by atoms with van der Waals surface area (Å²) >= 11 is 0. The number of carboxylic acids is 1. The molecule has 0 saturated heterocycles. The fourth-order valence-electron chi connectivity index (χ4n) is 3.35. The lowest BCUT2D eigenvalue weighted by atomic mass is 10.0. The summed E-state index contributed by atoms with van der Waals surface area (Å²) in [5, 5.41) is 30.0. The second-order valence-electron chi connectivity index (χ2n) is 10.1. The maximum atomic E-state index is 12.8. The van der Waals surface area contributed by atoms with Gasteiger partial charge in [-0.1, -0.05) is 13.8 Å². The molecule has 0 aromatic heterocycles. The van der Waals surface area contributed by atoms with Crippen LogP contribution >= 0.6 is 0 Å². The third kappa shape index (κ3) is 13.4. The van der Waals surface area contributed by atoms with Crippen LogP contribution in [-0.2, 0) is 38.4 Å². The number of carbonyl (C=O) groups excluding carboxylic acids is 7. The van der Waals surface area contributed by atoms with Crippen LogP contribution in [0.15, 0.2) is 0 Å². The van der Waals surface area contributed by atoms with E-state index in [0.29, 0.717) is 0 Å². The molecule has 0 unspecified atom stereocenters. The number of primary amides is 2. The van der Waals surface area contributed by atoms with Gasteiger partial charge in [-0.15, -0.1) is 0 Å². The molecule has 0 saturated carbocycles. The fourth-order valence-corrected chi connectivity index (χ4v) is 3.35. The molecule has 0 aliphatic rings. The lowest BCUT2D eigenvalue weighted by Crippen LogP contribution is -2.59. The Kier molecular flexibility index (Phi) is 15.7. The molecule has 0 heterocycles. The predicted octanol–water partition coefficient (Wildman–Crippen LogP) is -4.96. The molecule has 42 heavy (non-hydrogen) atoms. The van der Waals surface area contributed by atoms with Crippen LogP contribution in [0.1, 0.15) is 53.9 Å². The molecule has 0 spiro atoms. The molecule has 0 fully saturated rings. The van der Waals surface area contributed by atoms with Crippen LogP contribution in [0.5, 0.6) is 0 Å². The van der Waals surface area contributed by atoms with Crippen LogP contribution in [0.25, 0.3) is 0 Å². The molecule has 13 N–H and O–H groups in total. The van der Waals surface area contributed by atoms with Gasteiger partial charge in [-0.25, -0.2) is 4.79 Å². The average Bonchev–Trinajstić information content (AvgIpc) is 2.86. The molecule has 0 rings (SSSR count). The monoisotopic (exact) mass is 602 g/mol. The molecule has 0 radical (unpaired) electrons. The number of carboxylic acid groups (broad SMARTS) is 1. The van der Waals surface area contributed by atoms with Gasteiger partial charge in [0.1, 0.15) is 24.2 Å². The van der Waals surface area contributed by atoms with Crippen molar-refractivity contribution >= 4 is 47.3 Å². The molecule has 0 aliphatic carbocycles. The molecular weight excluding hydrogens is 560 g/mol. The zero-order chi connectivity index (χ0) is 32.9. The van der Waals surface area contributed by atoms with Crippen molar-refractivity contribution in [3.63, 3.8) is 0 Å². The van der Waals surface area contributed by atoms with Crippen LogP contribution in [-0.4, -0.2) is 99.9 Å². The molecule has 18 heteroatoms. The highest BCUT2D eigenvalue weighted by Gasteiger charge is 2.32. The number of aliphatic hydroxyl groups excluding tert-OH is 1. The standard InChI is InChI=1S/C24H42N8O10/c1-9(2)17(31-21(38)13(25)6-7-15(26)34)23(40)29-10(3)19(36)30-14(8-16(27)35)22(39)28-11(4)20(37)32-18(12(5)33)24(41)42/h9-14,17-18,33H,6-8,25H2,1-5H3,(H2,26,34)(H2,27,35)(H,28,39)(H,29,40)(H,30,36)(H,31,38)(H,32,37)(H,41,42)/t10-,11-,12+,13-,14-,17-,18-/m0/s1. The van der Waals surface area contributed by atoms with E-state index in [2.05, 4.69) is 21.3 Å². The Labute approximate surface area is 242 Å². The van der Waals surface area contributed by atoms with Gasteiger partial charge in [0.05, 0.1) is 18.6 Å². The summed E-state index contributed by atoms with van der Waals surface area (Å²) < 4.78 is 0. The number of aliphatic carboxylic acids is 1. The maximum Gasteiger partial charge on any atom is 0.328 e. The van der Waals surface area contributed by atoms with Gasteiger partial charge in [0.2, 0.25) is 41.4 Å². The Bertz CT molecular complexity index is 1030. The largest absolute Gasteiger partial charge is 0.480 e. The van der Waals surface area contributed by atoms with E-state index in [9.17, 15) is 43.5 Å². The number of nitrogens with one attached hydrogen (secondary N) is 5. The summed E-state index contributed by atoms with van der Waals surface area (Å²) in [6.07, 6.45) is -2.32. The lowest BCUT2D eigenvalue weighted by Gasteiger charge is -2.26. The number of amides is 7. The van der Waals surface area contributed by atoms with Gasteiger partial charge in [0, 0.05) is 6.42 Å². The molecule has 238 valence electrons. The second-order valence-corrected chi connectivity index (χ2v) is 10.1. The summed E-state index contributed by atoms with van der Waals surface area (Å²) in [4.78, 5) is 96.7. The molecule has 0 aromatic carbocycles. The minimum atomic E-state index is -1.66. The molecule has 0 aliphatic heterocycles. The molecule has 7 amide bonds. The number of nitrogens with two attached hydrogens (primary N) is 3. The molecule has 18 nitrogen and oxygen atoms in total. The van der Waals surface area contributed by atoms with Gasteiger partial charge in [0.15, 0.2) is 6.04 Å². The molecule has 0 bridgehead atoms. The topological polar surface area (TPSA) is 315 Å². The van der Waals surface area contributed by atoms with Crippen molar-refractivity contribution in [2.45, 2.75) is 96.2 Å². The third-order valence-corrected chi connectivity index (χ3v) is 5.87. The van der Waals surface area contributed by atoms with Crippen LogP contribution in [0.4, 0.5) is 0 Å². The van der Waals surface area contributed by atoms with E-state index in [1.54, 1.807) is 13.8 Å². The highest BCUT2D eigenvalue weighted by atomic mass is 16.4. The van der Waals surface area contributed by atoms with E-state index in [4.69, 9.17) is 22.3 Å². The minimum absolute atomic E-state index is 0.0449. The Morgan fingerprint density at radius 2 is 1.12 bits per heavy atom. The Hall–Kier alpha value is -4.32. The summed E-state index contributed by atoms with van der Waals surface area (Å²) in [6.45, 7) is 6.84. The minimum Gasteiger partial charge on any atom is -0.480 e. The van der Waals surface area contributed by atoms with Gasteiger partial charge in [-0.3, -0.25) is 33.6 Å². The summed E-state index contributed by atoms with van der Waals surface area (Å²) in [5.41, 5.74) is 16.0. The number of hydrogen-bond acceptors (Lipinski definition) is 10. The summed E-state index contributed by atoms with van der Waals surface area (Å²) in [7, 11) is 0. The van der Waals surface area contributed by atoms with Gasteiger partial charge >= 0.3 is 5.97 Å². The third-order valence-electron chi connectivity index (χ3n) is 5.87. The summed E-state index contributed by atoms with van der Waals surface area (Å²) in [6, 6.07) is -8.13. The van der Waals surface area contributed by atoms with Crippen molar-refractivity contribution in [3.05, 3.63) is 0 Å². The first-order valence-electron chi connectivity index (χ1n) is 13.0. The van der Waals surface area contributed by atoms with Crippen molar-refractivity contribution in [3.8, 4) is 0 Å². The first-order chi connectivity index (χ1) is 19.3. The molecular formula is C24H42N8O10. The lowest BCUT2D eigenvalue weighted by molar-refractivity contribution is -0.145. The number of carbonyl (C=O) groups is 8. The second kappa shape index (κ2) is 17.5. The average molecular weight is 603 g/mol. The zero-order valence-corrected chi connectivity index (χ0v) is 24.1. The smallest absolute Gasteiger partial charge is 0.328 e. The normalized spacial score (nSPS) is 15.9. The van der Waals surface area contributed by atoms with Crippen LogP contribution in [0.2, 0.25) is 0 Å². The Balaban J connectivity index is 5.39. The first-order valence-corrected chi connectivity index (χ1v) is 13.0. The van der Waals surface area contributed by atoms with Gasteiger partial charge < -0.3 is 54.0 Å². The van der Waals surface area contributed by atoms with Crippen molar-refractivity contribution in [2.75, 3.05) is 0 Å². The SMILES string of the molecule is CC(C)[C@H](NC(=O)[C@@H](N)CCC(N)=O)C(=O)N[C@@H](C)C(=O)N[C@@H](CC(N)=O)C(=O)N[C@@H](C)C(=O)N[C@H](C(=O)O)[C@@H](C)O. The van der Waals surface area contributed by atoms with Gasteiger partial charge in [0.25, 0.3) is 0 Å². The van der Waals surface area contributed by atoms with E-state index < -0.39 is 102 Å². The zero-order valence-electron chi connectivity index (χ0n) is 24.1. The van der Waals surface area contributed by atoms with E-state index in [1.165, 1.54) is 13.8 Å². The fraction of sp³-hybridized carbons (Fsp3) is 0.667. The van der Waals surface area contributed by atoms with Crippen molar-refractivity contribution < 1.29 is 48.6 Å². The predicted molar refractivity (Wildman–Crippen MR) is 145 cm³/mol. The molecule has 7 atom stereocenters. The quantitative estimate of drug-likeness (QED) is 0.0708. The van der Waals surface area contributed by atoms with Crippen molar-refractivity contribution in [2.24, 2.45) is 23.1 Å². The van der Waals surface area contributed by atoms with Crippen LogP contribution < -0.4 is 43.8 Å². The van der Waals surface area contributed by atoms with E-state index in [0.717, 1.165) is 6.92 Å². The van der Waals surface area contributed by atoms with Crippen molar-refractivity contribution in [1.29, 1.82) is 0 Å². The number of hydrogen-bond donors (Lipinski definition) is 10. The van der Waals surface area contributed by atoms with Crippen LogP contribution in [0, 0.1) is 5.92 Å². The van der Waals surface area contributed by atoms with E-state index in [-0.39, 0.29) is 12.8 Å². The van der Waals surface area contributed by atoms with Gasteiger partial charge in [-0.05, 0) is 33.1 Å². The Morgan fingerprint density at radius 1 is 0.643 bits per heavy atom. The van der Waals surface area contributed by atoms with Gasteiger partial charge in [-0.2, -0.15) is 0 Å².